The van der Waals surface area contributed by atoms with E-state index in [9.17, 15) is 13.2 Å². The third-order valence-corrected chi connectivity index (χ3v) is 3.56. The summed E-state index contributed by atoms with van der Waals surface area (Å²) < 4.78 is 42.6. The molecule has 1 fully saturated rings. The van der Waals surface area contributed by atoms with Crippen LogP contribution in [0.2, 0.25) is 0 Å². The first kappa shape index (κ1) is 13.0. The number of hydrogen-bond acceptors (Lipinski definition) is 2. The molecule has 0 N–H and O–H groups in total. The fourth-order valence-electron chi connectivity index (χ4n) is 1.69. The summed E-state index contributed by atoms with van der Waals surface area (Å²) in [6, 6.07) is 3.80. The van der Waals surface area contributed by atoms with Crippen molar-refractivity contribution in [1.29, 1.82) is 0 Å². The molecule has 17 heavy (non-hydrogen) atoms. The van der Waals surface area contributed by atoms with Gasteiger partial charge < -0.3 is 4.42 Å². The van der Waals surface area contributed by atoms with Gasteiger partial charge in [-0.25, -0.2) is 0 Å². The van der Waals surface area contributed by atoms with Crippen molar-refractivity contribution in [2.24, 2.45) is 0 Å². The molecule has 1 aliphatic rings. The largest absolute Gasteiger partial charge is 0.468 e. The molecule has 1 unspecified atom stereocenters. The van der Waals surface area contributed by atoms with Gasteiger partial charge in [0.05, 0.1) is 12.8 Å². The first-order valence-electron chi connectivity index (χ1n) is 5.44. The van der Waals surface area contributed by atoms with Crippen LogP contribution in [0.15, 0.2) is 22.8 Å². The van der Waals surface area contributed by atoms with Gasteiger partial charge in [-0.3, -0.25) is 4.90 Å². The molecule has 96 valence electrons. The molecule has 2 rings (SSSR count). The second kappa shape index (κ2) is 5.02. The Hall–Kier alpha value is -0.490. The molecule has 0 aromatic carbocycles. The topological polar surface area (TPSA) is 16.4 Å². The van der Waals surface area contributed by atoms with Crippen LogP contribution in [-0.4, -0.2) is 28.5 Å². The Balaban J connectivity index is 1.94. The van der Waals surface area contributed by atoms with Crippen molar-refractivity contribution in [2.45, 2.75) is 36.4 Å². The van der Waals surface area contributed by atoms with Crippen molar-refractivity contribution in [3.63, 3.8) is 0 Å². The Kier molecular flexibility index (Phi) is 3.82. The predicted molar refractivity (Wildman–Crippen MR) is 60.9 cm³/mol. The number of nitrogens with zero attached hydrogens (tertiary/aromatic N) is 1. The fraction of sp³-hybridized carbons (Fsp3) is 0.636. The molecular weight excluding hydrogens is 299 g/mol. The zero-order valence-corrected chi connectivity index (χ0v) is 10.7. The van der Waals surface area contributed by atoms with Gasteiger partial charge in [0.25, 0.3) is 0 Å². The Labute approximate surface area is 106 Å². The lowest BCUT2D eigenvalue weighted by Gasteiger charge is -2.25. The molecule has 0 amide bonds. The Morgan fingerprint density at radius 2 is 2.18 bits per heavy atom. The summed E-state index contributed by atoms with van der Waals surface area (Å²) in [4.78, 5) is 0.344. The van der Waals surface area contributed by atoms with E-state index in [2.05, 4.69) is 15.9 Å². The van der Waals surface area contributed by atoms with E-state index in [4.69, 9.17) is 4.42 Å². The lowest BCUT2D eigenvalue weighted by Crippen LogP contribution is -2.38. The van der Waals surface area contributed by atoms with Gasteiger partial charge in [-0.2, -0.15) is 13.2 Å². The fourth-order valence-corrected chi connectivity index (χ4v) is 2.07. The average molecular weight is 312 g/mol. The average Bonchev–Trinajstić information content (AvgIpc) is 2.95. The maximum atomic E-state index is 12.5. The molecule has 1 heterocycles. The first-order chi connectivity index (χ1) is 7.97. The molecule has 1 aromatic rings. The van der Waals surface area contributed by atoms with Gasteiger partial charge in [0.2, 0.25) is 0 Å². The summed E-state index contributed by atoms with van der Waals surface area (Å²) in [6.45, 7) is 0.407. The third-order valence-electron chi connectivity index (χ3n) is 2.75. The maximum absolute atomic E-state index is 12.5. The Morgan fingerprint density at radius 1 is 1.47 bits per heavy atom. The number of halogens is 4. The van der Waals surface area contributed by atoms with Gasteiger partial charge in [0.1, 0.15) is 10.6 Å². The highest BCUT2D eigenvalue weighted by Crippen LogP contribution is 2.33. The smallest absolute Gasteiger partial charge is 0.402 e. The molecule has 0 aliphatic heterocycles. The van der Waals surface area contributed by atoms with E-state index in [1.807, 2.05) is 4.90 Å². The Morgan fingerprint density at radius 3 is 2.65 bits per heavy atom. The summed E-state index contributed by atoms with van der Waals surface area (Å²) in [5, 5.41) is 0. The van der Waals surface area contributed by atoms with Gasteiger partial charge in [0.15, 0.2) is 0 Å². The van der Waals surface area contributed by atoms with Gasteiger partial charge in [-0.05, 0) is 25.0 Å². The monoisotopic (exact) mass is 311 g/mol. The van der Waals surface area contributed by atoms with Crippen LogP contribution in [0.3, 0.4) is 0 Å². The molecule has 0 radical (unpaired) electrons. The highest BCUT2D eigenvalue weighted by molar-refractivity contribution is 9.09. The zero-order valence-electron chi connectivity index (χ0n) is 9.08. The minimum atomic E-state index is -4.20. The van der Waals surface area contributed by atoms with Gasteiger partial charge >= 0.3 is 6.18 Å². The normalized spacial score (nSPS) is 18.6. The number of hydrogen-bond donors (Lipinski definition) is 0. The summed E-state index contributed by atoms with van der Waals surface area (Å²) in [5.41, 5.74) is 0. The molecule has 2 nitrogen and oxygen atoms in total. The lowest BCUT2D eigenvalue weighted by molar-refractivity contribution is -0.131. The van der Waals surface area contributed by atoms with E-state index in [1.54, 1.807) is 12.1 Å². The minimum Gasteiger partial charge on any atom is -0.468 e. The molecular formula is C11H13BrF3NO. The second-order valence-corrected chi connectivity index (χ2v) is 5.35. The van der Waals surface area contributed by atoms with Crippen molar-refractivity contribution in [3.05, 3.63) is 24.2 Å². The number of rotatable bonds is 5. The molecule has 0 bridgehead atoms. The summed E-state index contributed by atoms with van der Waals surface area (Å²) in [7, 11) is 0. The van der Waals surface area contributed by atoms with Crippen LogP contribution < -0.4 is 0 Å². The number of alkyl halides is 4. The van der Waals surface area contributed by atoms with E-state index in [0.717, 1.165) is 12.8 Å². The lowest BCUT2D eigenvalue weighted by atomic mass is 10.3. The molecule has 1 aliphatic carbocycles. The van der Waals surface area contributed by atoms with E-state index in [1.165, 1.54) is 6.26 Å². The van der Waals surface area contributed by atoms with Gasteiger partial charge in [0, 0.05) is 12.6 Å². The van der Waals surface area contributed by atoms with Crippen LogP contribution in [0.25, 0.3) is 0 Å². The van der Waals surface area contributed by atoms with Crippen molar-refractivity contribution < 1.29 is 17.6 Å². The van der Waals surface area contributed by atoms with Crippen LogP contribution in [0.5, 0.6) is 0 Å². The second-order valence-electron chi connectivity index (χ2n) is 4.25. The highest BCUT2D eigenvalue weighted by Gasteiger charge is 2.41. The molecule has 6 heteroatoms. The van der Waals surface area contributed by atoms with E-state index in [-0.39, 0.29) is 12.6 Å². The van der Waals surface area contributed by atoms with E-state index in [0.29, 0.717) is 12.3 Å². The number of furan rings is 1. The van der Waals surface area contributed by atoms with Crippen LogP contribution in [-0.2, 0) is 6.54 Å². The zero-order chi connectivity index (χ0) is 12.5. The molecule has 1 aromatic heterocycles. The van der Waals surface area contributed by atoms with Crippen LogP contribution in [0, 0.1) is 0 Å². The van der Waals surface area contributed by atoms with E-state index < -0.39 is 11.0 Å². The molecule has 0 spiro atoms. The highest BCUT2D eigenvalue weighted by atomic mass is 79.9. The van der Waals surface area contributed by atoms with Crippen molar-refractivity contribution in [2.75, 3.05) is 6.54 Å². The van der Waals surface area contributed by atoms with Crippen molar-refractivity contribution in [1.82, 2.24) is 4.90 Å². The van der Waals surface area contributed by atoms with Crippen molar-refractivity contribution >= 4 is 15.9 Å². The van der Waals surface area contributed by atoms with Gasteiger partial charge in [-0.1, -0.05) is 15.9 Å². The SMILES string of the molecule is FC(F)(F)C(Br)CN(Cc1ccco1)C1CC1. The summed E-state index contributed by atoms with van der Waals surface area (Å²) in [5.74, 6) is 0.707. The first-order valence-corrected chi connectivity index (χ1v) is 6.35. The molecule has 0 saturated heterocycles. The van der Waals surface area contributed by atoms with Crippen molar-refractivity contribution in [3.8, 4) is 0 Å². The molecule has 1 saturated carbocycles. The predicted octanol–water partition coefficient (Wildman–Crippen LogP) is 3.57. The quantitative estimate of drug-likeness (QED) is 0.773. The minimum absolute atomic E-state index is 0.0329. The van der Waals surface area contributed by atoms with Gasteiger partial charge in [-0.15, -0.1) is 0 Å². The standard InChI is InChI=1S/C11H13BrF3NO/c12-10(11(13,14)15)7-16(8-3-4-8)6-9-2-1-5-17-9/h1-2,5,8,10H,3-4,6-7H2. The van der Waals surface area contributed by atoms with Crippen LogP contribution in [0.4, 0.5) is 13.2 Å². The third kappa shape index (κ3) is 3.74. The van der Waals surface area contributed by atoms with Crippen LogP contribution >= 0.6 is 15.9 Å². The van der Waals surface area contributed by atoms with Crippen LogP contribution in [0.1, 0.15) is 18.6 Å². The summed E-state index contributed by atoms with van der Waals surface area (Å²) >= 11 is 2.70. The molecule has 1 atom stereocenters. The summed E-state index contributed by atoms with van der Waals surface area (Å²) in [6.07, 6.45) is -0.720. The van der Waals surface area contributed by atoms with E-state index >= 15 is 0 Å². The maximum Gasteiger partial charge on any atom is 0.402 e. The Bertz CT molecular complexity index is 348.